The Balaban J connectivity index is 2.33. The van der Waals surface area contributed by atoms with Crippen LogP contribution in [0.3, 0.4) is 0 Å². The maximum Gasteiger partial charge on any atom is 0.126 e. The Hall–Kier alpha value is -0.930. The second-order valence-electron chi connectivity index (χ2n) is 4.71. The van der Waals surface area contributed by atoms with E-state index in [1.54, 1.807) is 6.07 Å². The number of ether oxygens (including phenoxy) is 1. The lowest BCUT2D eigenvalue weighted by molar-refractivity contribution is 0.0252. The third-order valence-electron chi connectivity index (χ3n) is 3.80. The van der Waals surface area contributed by atoms with E-state index in [4.69, 9.17) is 4.74 Å². The Bertz CT molecular complexity index is 384. The van der Waals surface area contributed by atoms with Crippen molar-refractivity contribution < 1.29 is 14.2 Å². The Morgan fingerprint density at radius 2 is 2.06 bits per heavy atom. The zero-order valence-corrected chi connectivity index (χ0v) is 10.2. The number of rotatable bonds is 3. The van der Waals surface area contributed by atoms with E-state index in [0.29, 0.717) is 19.6 Å². The van der Waals surface area contributed by atoms with Gasteiger partial charge in [-0.25, -0.2) is 4.39 Å². The monoisotopic (exact) mass is 238 g/mol. The SMILES string of the molecule is CCc1ccc(C2(CO)CCOCC2)cc1F. The van der Waals surface area contributed by atoms with Crippen molar-refractivity contribution in [2.24, 2.45) is 0 Å². The standard InChI is InChI=1S/C14H19FO2/c1-2-11-3-4-12(9-13(11)15)14(10-16)5-7-17-8-6-14/h3-4,9,16H,2,5-8,10H2,1H3. The van der Waals surface area contributed by atoms with Crippen LogP contribution in [0, 0.1) is 5.82 Å². The van der Waals surface area contributed by atoms with Crippen LogP contribution in [0.2, 0.25) is 0 Å². The highest BCUT2D eigenvalue weighted by Gasteiger charge is 2.34. The molecule has 1 saturated heterocycles. The van der Waals surface area contributed by atoms with Gasteiger partial charge in [0.1, 0.15) is 5.82 Å². The molecule has 94 valence electrons. The molecule has 1 fully saturated rings. The molecule has 0 bridgehead atoms. The third kappa shape index (κ3) is 2.35. The smallest absolute Gasteiger partial charge is 0.126 e. The second kappa shape index (κ2) is 5.15. The molecule has 0 spiro atoms. The summed E-state index contributed by atoms with van der Waals surface area (Å²) in [6, 6.07) is 5.36. The van der Waals surface area contributed by atoms with Crippen molar-refractivity contribution in [1.29, 1.82) is 0 Å². The Morgan fingerprint density at radius 1 is 1.35 bits per heavy atom. The summed E-state index contributed by atoms with van der Waals surface area (Å²) in [5.41, 5.74) is 1.32. The van der Waals surface area contributed by atoms with E-state index in [1.165, 1.54) is 0 Å². The van der Waals surface area contributed by atoms with Gasteiger partial charge >= 0.3 is 0 Å². The van der Waals surface area contributed by atoms with Crippen LogP contribution in [0.5, 0.6) is 0 Å². The first-order chi connectivity index (χ1) is 8.22. The van der Waals surface area contributed by atoms with E-state index in [2.05, 4.69) is 0 Å². The minimum absolute atomic E-state index is 0.0568. The predicted octanol–water partition coefficient (Wildman–Crippen LogP) is 2.43. The van der Waals surface area contributed by atoms with E-state index < -0.39 is 0 Å². The molecule has 2 nitrogen and oxygen atoms in total. The summed E-state index contributed by atoms with van der Waals surface area (Å²) < 4.78 is 19.1. The maximum absolute atomic E-state index is 13.8. The van der Waals surface area contributed by atoms with Crippen LogP contribution in [0.1, 0.15) is 30.9 Å². The zero-order chi connectivity index (χ0) is 12.3. The van der Waals surface area contributed by atoms with Gasteiger partial charge in [0.2, 0.25) is 0 Å². The third-order valence-corrected chi connectivity index (χ3v) is 3.80. The van der Waals surface area contributed by atoms with Crippen molar-refractivity contribution in [3.8, 4) is 0 Å². The lowest BCUT2D eigenvalue weighted by Crippen LogP contribution is -2.37. The van der Waals surface area contributed by atoms with Crippen molar-refractivity contribution in [2.45, 2.75) is 31.6 Å². The molecular weight excluding hydrogens is 219 g/mol. The predicted molar refractivity (Wildman–Crippen MR) is 64.6 cm³/mol. The molecule has 0 aromatic heterocycles. The van der Waals surface area contributed by atoms with Crippen LogP contribution < -0.4 is 0 Å². The first-order valence-corrected chi connectivity index (χ1v) is 6.19. The van der Waals surface area contributed by atoms with Crippen LogP contribution in [0.4, 0.5) is 4.39 Å². The van der Waals surface area contributed by atoms with Gasteiger partial charge in [0, 0.05) is 18.6 Å². The summed E-state index contributed by atoms with van der Waals surface area (Å²) in [7, 11) is 0. The van der Waals surface area contributed by atoms with Gasteiger partial charge in [0.25, 0.3) is 0 Å². The average Bonchev–Trinajstić information content (AvgIpc) is 2.39. The van der Waals surface area contributed by atoms with Crippen LogP contribution in [-0.2, 0) is 16.6 Å². The van der Waals surface area contributed by atoms with Gasteiger partial charge in [-0.05, 0) is 36.5 Å². The molecule has 0 saturated carbocycles. The van der Waals surface area contributed by atoms with Crippen LogP contribution in [0.15, 0.2) is 18.2 Å². The van der Waals surface area contributed by atoms with Gasteiger partial charge in [0.15, 0.2) is 0 Å². The molecule has 1 aromatic carbocycles. The van der Waals surface area contributed by atoms with E-state index >= 15 is 0 Å². The zero-order valence-electron chi connectivity index (χ0n) is 10.2. The molecular formula is C14H19FO2. The quantitative estimate of drug-likeness (QED) is 0.876. The fourth-order valence-corrected chi connectivity index (χ4v) is 2.46. The van der Waals surface area contributed by atoms with Crippen molar-refractivity contribution in [2.75, 3.05) is 19.8 Å². The van der Waals surface area contributed by atoms with E-state index in [1.807, 2.05) is 19.1 Å². The number of aliphatic hydroxyl groups excluding tert-OH is 1. The number of halogens is 1. The fraction of sp³-hybridized carbons (Fsp3) is 0.571. The Kier molecular flexibility index (Phi) is 3.79. The first-order valence-electron chi connectivity index (χ1n) is 6.19. The van der Waals surface area contributed by atoms with E-state index in [-0.39, 0.29) is 17.8 Å². The highest BCUT2D eigenvalue weighted by Crippen LogP contribution is 2.35. The number of benzene rings is 1. The van der Waals surface area contributed by atoms with Crippen LogP contribution in [0.25, 0.3) is 0 Å². The van der Waals surface area contributed by atoms with Gasteiger partial charge < -0.3 is 9.84 Å². The van der Waals surface area contributed by atoms with Crippen molar-refractivity contribution in [3.63, 3.8) is 0 Å². The molecule has 17 heavy (non-hydrogen) atoms. The molecule has 2 rings (SSSR count). The topological polar surface area (TPSA) is 29.5 Å². The minimum Gasteiger partial charge on any atom is -0.395 e. The molecule has 0 aliphatic carbocycles. The largest absolute Gasteiger partial charge is 0.395 e. The number of aryl methyl sites for hydroxylation is 1. The normalized spacial score (nSPS) is 19.2. The molecule has 1 N–H and O–H groups in total. The summed E-state index contributed by atoms with van der Waals surface area (Å²) >= 11 is 0. The molecule has 1 aliphatic rings. The highest BCUT2D eigenvalue weighted by atomic mass is 19.1. The summed E-state index contributed by atoms with van der Waals surface area (Å²) in [5.74, 6) is -0.163. The number of hydrogen-bond donors (Lipinski definition) is 1. The molecule has 1 aliphatic heterocycles. The molecule has 0 atom stereocenters. The van der Waals surface area contributed by atoms with Crippen molar-refractivity contribution >= 4 is 0 Å². The summed E-state index contributed by atoms with van der Waals surface area (Å²) in [6.45, 7) is 3.27. The lowest BCUT2D eigenvalue weighted by atomic mass is 9.74. The Morgan fingerprint density at radius 3 is 2.59 bits per heavy atom. The fourth-order valence-electron chi connectivity index (χ4n) is 2.46. The van der Waals surface area contributed by atoms with Crippen LogP contribution in [-0.4, -0.2) is 24.9 Å². The lowest BCUT2D eigenvalue weighted by Gasteiger charge is -2.36. The van der Waals surface area contributed by atoms with Gasteiger partial charge in [0.05, 0.1) is 6.61 Å². The van der Waals surface area contributed by atoms with Gasteiger partial charge in [-0.1, -0.05) is 19.1 Å². The second-order valence-corrected chi connectivity index (χ2v) is 4.71. The molecule has 1 heterocycles. The van der Waals surface area contributed by atoms with Gasteiger partial charge in [-0.2, -0.15) is 0 Å². The highest BCUT2D eigenvalue weighted by molar-refractivity contribution is 5.31. The maximum atomic E-state index is 13.8. The van der Waals surface area contributed by atoms with Crippen LogP contribution >= 0.6 is 0 Å². The average molecular weight is 238 g/mol. The molecule has 0 radical (unpaired) electrons. The molecule has 0 unspecified atom stereocenters. The van der Waals surface area contributed by atoms with E-state index in [0.717, 1.165) is 24.0 Å². The first kappa shape index (κ1) is 12.5. The minimum atomic E-state index is -0.314. The van der Waals surface area contributed by atoms with Gasteiger partial charge in [-0.15, -0.1) is 0 Å². The Labute approximate surface area is 101 Å². The van der Waals surface area contributed by atoms with Gasteiger partial charge in [-0.3, -0.25) is 0 Å². The summed E-state index contributed by atoms with van der Waals surface area (Å²) in [4.78, 5) is 0. The summed E-state index contributed by atoms with van der Waals surface area (Å²) in [6.07, 6.45) is 2.21. The number of aliphatic hydroxyl groups is 1. The molecule has 0 amide bonds. The van der Waals surface area contributed by atoms with Crippen molar-refractivity contribution in [3.05, 3.63) is 35.1 Å². The molecule has 1 aromatic rings. The number of hydrogen-bond acceptors (Lipinski definition) is 2. The van der Waals surface area contributed by atoms with Crippen molar-refractivity contribution in [1.82, 2.24) is 0 Å². The van der Waals surface area contributed by atoms with E-state index in [9.17, 15) is 9.50 Å². The summed E-state index contributed by atoms with van der Waals surface area (Å²) in [5, 5.41) is 9.63. The molecule has 3 heteroatoms.